The third-order valence-corrected chi connectivity index (χ3v) is 3.43. The van der Waals surface area contributed by atoms with Gasteiger partial charge in [-0.25, -0.2) is 5.84 Å². The number of hydrazine groups is 1. The summed E-state index contributed by atoms with van der Waals surface area (Å²) in [5.74, 6) is 7.70. The standard InChI is InChI=1S/C10H15N5O/c11-12-10(16)7-3-4-8-13-14-9(6-1-2-6)15(8)5-7/h6-7H,1-5,11H2,(H,12,16)/t7-/m1/s1. The number of rotatable bonds is 2. The molecule has 1 atom stereocenters. The van der Waals surface area contributed by atoms with E-state index in [1.165, 1.54) is 12.8 Å². The molecule has 3 rings (SSSR count). The van der Waals surface area contributed by atoms with Crippen LogP contribution < -0.4 is 11.3 Å². The maximum Gasteiger partial charge on any atom is 0.238 e. The lowest BCUT2D eigenvalue weighted by atomic mass is 9.98. The highest BCUT2D eigenvalue weighted by Gasteiger charge is 2.34. The fraction of sp³-hybridized carbons (Fsp3) is 0.700. The van der Waals surface area contributed by atoms with Crippen molar-refractivity contribution in [2.45, 2.75) is 38.1 Å². The van der Waals surface area contributed by atoms with Crippen LogP contribution in [0, 0.1) is 5.92 Å². The van der Waals surface area contributed by atoms with Gasteiger partial charge in [0.25, 0.3) is 0 Å². The summed E-state index contributed by atoms with van der Waals surface area (Å²) in [6, 6.07) is 0. The molecule has 1 aliphatic heterocycles. The van der Waals surface area contributed by atoms with Crippen LogP contribution in [0.2, 0.25) is 0 Å². The minimum Gasteiger partial charge on any atom is -0.314 e. The van der Waals surface area contributed by atoms with Crippen LogP contribution in [-0.4, -0.2) is 20.7 Å². The Morgan fingerprint density at radius 2 is 2.19 bits per heavy atom. The van der Waals surface area contributed by atoms with Crippen molar-refractivity contribution in [1.82, 2.24) is 20.2 Å². The minimum atomic E-state index is -0.0823. The normalized spacial score (nSPS) is 23.9. The lowest BCUT2D eigenvalue weighted by Crippen LogP contribution is -2.39. The van der Waals surface area contributed by atoms with E-state index in [2.05, 4.69) is 20.2 Å². The van der Waals surface area contributed by atoms with Crippen LogP contribution in [0.25, 0.3) is 0 Å². The molecule has 0 bridgehead atoms. The predicted octanol–water partition coefficient (Wildman–Crippen LogP) is -0.292. The molecule has 0 saturated heterocycles. The second-order valence-electron chi connectivity index (χ2n) is 4.60. The van der Waals surface area contributed by atoms with E-state index in [4.69, 9.17) is 5.84 Å². The van der Waals surface area contributed by atoms with Crippen LogP contribution in [0.15, 0.2) is 0 Å². The molecule has 6 heteroatoms. The number of nitrogens with two attached hydrogens (primary N) is 1. The Hall–Kier alpha value is -1.43. The number of nitrogens with zero attached hydrogens (tertiary/aromatic N) is 3. The highest BCUT2D eigenvalue weighted by atomic mass is 16.2. The molecule has 2 aliphatic rings. The molecule has 0 unspecified atom stereocenters. The van der Waals surface area contributed by atoms with Crippen LogP contribution in [0.5, 0.6) is 0 Å². The molecule has 1 saturated carbocycles. The van der Waals surface area contributed by atoms with Gasteiger partial charge in [0.15, 0.2) is 0 Å². The molecule has 0 spiro atoms. The lowest BCUT2D eigenvalue weighted by molar-refractivity contribution is -0.126. The molecule has 6 nitrogen and oxygen atoms in total. The summed E-state index contributed by atoms with van der Waals surface area (Å²) >= 11 is 0. The second kappa shape index (κ2) is 3.55. The number of aryl methyl sites for hydroxylation is 1. The van der Waals surface area contributed by atoms with Crippen LogP contribution in [-0.2, 0) is 17.8 Å². The van der Waals surface area contributed by atoms with Gasteiger partial charge < -0.3 is 4.57 Å². The first kappa shape index (κ1) is 9.77. The zero-order chi connectivity index (χ0) is 11.1. The summed E-state index contributed by atoms with van der Waals surface area (Å²) in [7, 11) is 0. The summed E-state index contributed by atoms with van der Waals surface area (Å²) in [6.45, 7) is 0.678. The number of hydrogen-bond donors (Lipinski definition) is 2. The van der Waals surface area contributed by atoms with E-state index >= 15 is 0 Å². The second-order valence-corrected chi connectivity index (χ2v) is 4.60. The van der Waals surface area contributed by atoms with E-state index < -0.39 is 0 Å². The van der Waals surface area contributed by atoms with Gasteiger partial charge in [0.1, 0.15) is 11.6 Å². The fourth-order valence-corrected chi connectivity index (χ4v) is 2.32. The van der Waals surface area contributed by atoms with Crippen molar-refractivity contribution in [3.05, 3.63) is 11.6 Å². The number of nitrogens with one attached hydrogen (secondary N) is 1. The van der Waals surface area contributed by atoms with E-state index in [1.54, 1.807) is 0 Å². The molecule has 0 aromatic carbocycles. The zero-order valence-electron chi connectivity index (χ0n) is 9.02. The van der Waals surface area contributed by atoms with Gasteiger partial charge >= 0.3 is 0 Å². The molecule has 1 fully saturated rings. The third kappa shape index (κ3) is 1.49. The summed E-state index contributed by atoms with van der Waals surface area (Å²) in [6.07, 6.45) is 4.03. The first-order chi connectivity index (χ1) is 7.79. The Kier molecular flexibility index (Phi) is 2.17. The quantitative estimate of drug-likeness (QED) is 0.408. The Labute approximate surface area is 93.2 Å². The molecular formula is C10H15N5O. The Morgan fingerprint density at radius 3 is 2.88 bits per heavy atom. The molecule has 86 valence electrons. The van der Waals surface area contributed by atoms with Gasteiger partial charge in [0, 0.05) is 18.9 Å². The van der Waals surface area contributed by atoms with Gasteiger partial charge in [-0.1, -0.05) is 0 Å². The van der Waals surface area contributed by atoms with Crippen LogP contribution in [0.3, 0.4) is 0 Å². The first-order valence-corrected chi connectivity index (χ1v) is 5.72. The number of amides is 1. The highest BCUT2D eigenvalue weighted by Crippen LogP contribution is 2.40. The average Bonchev–Trinajstić information content (AvgIpc) is 3.08. The van der Waals surface area contributed by atoms with Crippen molar-refractivity contribution in [3.63, 3.8) is 0 Å². The van der Waals surface area contributed by atoms with Crippen LogP contribution >= 0.6 is 0 Å². The molecule has 1 aromatic rings. The van der Waals surface area contributed by atoms with Gasteiger partial charge in [-0.2, -0.15) is 0 Å². The summed E-state index contributed by atoms with van der Waals surface area (Å²) in [5.41, 5.74) is 2.23. The van der Waals surface area contributed by atoms with E-state index in [1.807, 2.05) is 0 Å². The number of carbonyl (C=O) groups excluding carboxylic acids is 1. The predicted molar refractivity (Wildman–Crippen MR) is 56.1 cm³/mol. The van der Waals surface area contributed by atoms with Crippen molar-refractivity contribution >= 4 is 5.91 Å². The smallest absolute Gasteiger partial charge is 0.238 e. The highest BCUT2D eigenvalue weighted by molar-refractivity contribution is 5.78. The Morgan fingerprint density at radius 1 is 1.38 bits per heavy atom. The summed E-state index contributed by atoms with van der Waals surface area (Å²) in [4.78, 5) is 11.5. The van der Waals surface area contributed by atoms with Crippen molar-refractivity contribution in [1.29, 1.82) is 0 Å². The third-order valence-electron chi connectivity index (χ3n) is 3.43. The maximum absolute atomic E-state index is 11.5. The molecule has 1 aromatic heterocycles. The number of aromatic nitrogens is 3. The number of carbonyl (C=O) groups is 1. The number of hydrogen-bond acceptors (Lipinski definition) is 4. The van der Waals surface area contributed by atoms with E-state index in [0.717, 1.165) is 24.5 Å². The van der Waals surface area contributed by atoms with E-state index in [-0.39, 0.29) is 11.8 Å². The number of fused-ring (bicyclic) bond motifs is 1. The molecule has 0 radical (unpaired) electrons. The summed E-state index contributed by atoms with van der Waals surface area (Å²) in [5, 5.41) is 8.42. The molecular weight excluding hydrogens is 206 g/mol. The molecule has 1 amide bonds. The Bertz CT molecular complexity index is 423. The van der Waals surface area contributed by atoms with Crippen LogP contribution in [0.1, 0.15) is 36.8 Å². The monoisotopic (exact) mass is 221 g/mol. The molecule has 3 N–H and O–H groups in total. The average molecular weight is 221 g/mol. The molecule has 1 aliphatic carbocycles. The molecule has 16 heavy (non-hydrogen) atoms. The SMILES string of the molecule is NNC(=O)[C@@H]1CCc2nnc(C3CC3)n2C1. The first-order valence-electron chi connectivity index (χ1n) is 5.72. The van der Waals surface area contributed by atoms with Gasteiger partial charge in [-0.15, -0.1) is 10.2 Å². The largest absolute Gasteiger partial charge is 0.314 e. The van der Waals surface area contributed by atoms with Gasteiger partial charge in [-0.05, 0) is 19.3 Å². The minimum absolute atomic E-state index is 0.0361. The van der Waals surface area contributed by atoms with Crippen molar-refractivity contribution in [3.8, 4) is 0 Å². The van der Waals surface area contributed by atoms with Gasteiger partial charge in [-0.3, -0.25) is 10.2 Å². The fourth-order valence-electron chi connectivity index (χ4n) is 2.32. The van der Waals surface area contributed by atoms with Crippen molar-refractivity contribution in [2.24, 2.45) is 11.8 Å². The van der Waals surface area contributed by atoms with E-state index in [9.17, 15) is 4.79 Å². The van der Waals surface area contributed by atoms with Crippen molar-refractivity contribution in [2.75, 3.05) is 0 Å². The van der Waals surface area contributed by atoms with Crippen LogP contribution in [0.4, 0.5) is 0 Å². The van der Waals surface area contributed by atoms with Gasteiger partial charge in [0.05, 0.1) is 5.92 Å². The summed E-state index contributed by atoms with van der Waals surface area (Å²) < 4.78 is 2.11. The van der Waals surface area contributed by atoms with Gasteiger partial charge in [0.2, 0.25) is 5.91 Å². The Balaban J connectivity index is 1.85. The van der Waals surface area contributed by atoms with E-state index in [0.29, 0.717) is 12.5 Å². The zero-order valence-corrected chi connectivity index (χ0v) is 9.02. The maximum atomic E-state index is 11.5. The topological polar surface area (TPSA) is 85.8 Å². The lowest BCUT2D eigenvalue weighted by Gasteiger charge is -2.22. The van der Waals surface area contributed by atoms with Crippen molar-refractivity contribution < 1.29 is 4.79 Å². The molecule has 2 heterocycles.